The molecule has 0 atom stereocenters. The first-order chi connectivity index (χ1) is 8.60. The Hall–Kier alpha value is -1.66. The fraction of sp³-hybridized carbons (Fsp3) is 0.417. The molecule has 5 nitrogen and oxygen atoms in total. The second kappa shape index (κ2) is 6.93. The Morgan fingerprint density at radius 3 is 2.83 bits per heavy atom. The molecule has 1 aromatic carbocycles. The monoisotopic (exact) mass is 256 g/mol. The van der Waals surface area contributed by atoms with Crippen molar-refractivity contribution in [1.82, 2.24) is 4.90 Å². The number of amides is 1. The molecule has 0 saturated carbocycles. The molecule has 0 spiro atoms. The molecule has 0 aliphatic heterocycles. The van der Waals surface area contributed by atoms with Gasteiger partial charge in [0, 0.05) is 26.7 Å². The van der Waals surface area contributed by atoms with Gasteiger partial charge in [0.2, 0.25) is 0 Å². The quantitative estimate of drug-likeness (QED) is 0.780. The van der Waals surface area contributed by atoms with Gasteiger partial charge in [-0.3, -0.25) is 4.79 Å². The summed E-state index contributed by atoms with van der Waals surface area (Å²) in [7, 11) is 1.52. The highest BCUT2D eigenvalue weighted by molar-refractivity contribution is 5.96. The second-order valence-electron chi connectivity index (χ2n) is 3.74. The van der Waals surface area contributed by atoms with Gasteiger partial charge in [0.05, 0.1) is 12.2 Å². The summed E-state index contributed by atoms with van der Waals surface area (Å²) in [4.78, 5) is 13.5. The summed E-state index contributed by atoms with van der Waals surface area (Å²) in [5.41, 5.74) is 5.34. The van der Waals surface area contributed by atoms with E-state index in [9.17, 15) is 14.3 Å². The first-order valence-electron chi connectivity index (χ1n) is 5.57. The molecule has 0 aliphatic rings. The smallest absolute Gasteiger partial charge is 0.257 e. The van der Waals surface area contributed by atoms with Crippen LogP contribution < -0.4 is 5.73 Å². The van der Waals surface area contributed by atoms with Crippen molar-refractivity contribution in [2.45, 2.75) is 0 Å². The molecular formula is C12H17FN2O3. The van der Waals surface area contributed by atoms with Crippen LogP contribution in [0.2, 0.25) is 0 Å². The lowest BCUT2D eigenvalue weighted by atomic mass is 10.1. The third-order valence-electron chi connectivity index (χ3n) is 2.44. The number of nitrogens with zero attached hydrogens (tertiary/aromatic N) is 1. The van der Waals surface area contributed by atoms with Crippen molar-refractivity contribution in [3.63, 3.8) is 0 Å². The van der Waals surface area contributed by atoms with Crippen LogP contribution in [0.5, 0.6) is 5.75 Å². The molecule has 0 unspecified atom stereocenters. The van der Waals surface area contributed by atoms with Gasteiger partial charge in [-0.15, -0.1) is 0 Å². The molecule has 0 bridgehead atoms. The number of carbonyl (C=O) groups is 1. The lowest BCUT2D eigenvalue weighted by molar-refractivity contribution is 0.0698. The molecule has 1 amide bonds. The highest BCUT2D eigenvalue weighted by Crippen LogP contribution is 2.19. The van der Waals surface area contributed by atoms with E-state index in [2.05, 4.69) is 0 Å². The standard InChI is InChI=1S/C12H17FN2O3/c1-18-7-6-15(5-4-14)12(17)10-8-9(13)2-3-11(10)16/h2-3,8,16H,4-7,14H2,1H3. The maximum atomic E-state index is 13.1. The molecule has 6 heteroatoms. The third-order valence-corrected chi connectivity index (χ3v) is 2.44. The number of phenolic OH excluding ortho intramolecular Hbond substituents is 1. The van der Waals surface area contributed by atoms with Crippen LogP contribution in [-0.2, 0) is 4.74 Å². The van der Waals surface area contributed by atoms with E-state index in [0.29, 0.717) is 19.7 Å². The van der Waals surface area contributed by atoms with E-state index < -0.39 is 11.7 Å². The van der Waals surface area contributed by atoms with Gasteiger partial charge in [-0.05, 0) is 18.2 Å². The fourth-order valence-electron chi connectivity index (χ4n) is 1.52. The number of benzene rings is 1. The molecular weight excluding hydrogens is 239 g/mol. The highest BCUT2D eigenvalue weighted by atomic mass is 19.1. The molecule has 0 heterocycles. The van der Waals surface area contributed by atoms with Gasteiger partial charge < -0.3 is 20.5 Å². The number of carbonyl (C=O) groups excluding carboxylic acids is 1. The first-order valence-corrected chi connectivity index (χ1v) is 5.57. The number of hydrogen-bond donors (Lipinski definition) is 2. The maximum absolute atomic E-state index is 13.1. The molecule has 1 aromatic rings. The van der Waals surface area contributed by atoms with Crippen LogP contribution in [0.15, 0.2) is 18.2 Å². The Kier molecular flexibility index (Phi) is 5.54. The zero-order chi connectivity index (χ0) is 13.5. The van der Waals surface area contributed by atoms with Gasteiger partial charge in [-0.25, -0.2) is 4.39 Å². The lowest BCUT2D eigenvalue weighted by Crippen LogP contribution is -2.37. The van der Waals surface area contributed by atoms with Crippen molar-refractivity contribution >= 4 is 5.91 Å². The number of aromatic hydroxyl groups is 1. The zero-order valence-electron chi connectivity index (χ0n) is 10.2. The van der Waals surface area contributed by atoms with Gasteiger partial charge >= 0.3 is 0 Å². The minimum atomic E-state index is -0.574. The third kappa shape index (κ3) is 3.68. The van der Waals surface area contributed by atoms with Crippen molar-refractivity contribution in [2.24, 2.45) is 5.73 Å². The minimum absolute atomic E-state index is 0.0699. The normalized spacial score (nSPS) is 10.4. The summed E-state index contributed by atoms with van der Waals surface area (Å²) in [6.07, 6.45) is 0. The van der Waals surface area contributed by atoms with Crippen molar-refractivity contribution in [2.75, 3.05) is 33.4 Å². The molecule has 100 valence electrons. The van der Waals surface area contributed by atoms with Gasteiger partial charge in [0.25, 0.3) is 5.91 Å². The molecule has 3 N–H and O–H groups in total. The first kappa shape index (κ1) is 14.4. The molecule has 0 aromatic heterocycles. The Morgan fingerprint density at radius 1 is 1.50 bits per heavy atom. The van der Waals surface area contributed by atoms with E-state index in [4.69, 9.17) is 10.5 Å². The predicted octanol–water partition coefficient (Wildman–Crippen LogP) is 0.579. The van der Waals surface area contributed by atoms with Crippen LogP contribution in [-0.4, -0.2) is 49.3 Å². The SMILES string of the molecule is COCCN(CCN)C(=O)c1cc(F)ccc1O. The van der Waals surface area contributed by atoms with Crippen molar-refractivity contribution in [3.05, 3.63) is 29.6 Å². The predicted molar refractivity (Wildman–Crippen MR) is 64.9 cm³/mol. The Morgan fingerprint density at radius 2 is 2.22 bits per heavy atom. The van der Waals surface area contributed by atoms with E-state index in [1.54, 1.807) is 0 Å². The summed E-state index contributed by atoms with van der Waals surface area (Å²) in [5, 5.41) is 9.57. The number of halogens is 1. The molecule has 0 fully saturated rings. The Balaban J connectivity index is 2.90. The van der Waals surface area contributed by atoms with Crippen LogP contribution in [0.1, 0.15) is 10.4 Å². The van der Waals surface area contributed by atoms with Gasteiger partial charge in [-0.2, -0.15) is 0 Å². The summed E-state index contributed by atoms with van der Waals surface area (Å²) < 4.78 is 18.0. The van der Waals surface area contributed by atoms with Gasteiger partial charge in [0.15, 0.2) is 0 Å². The van der Waals surface area contributed by atoms with E-state index in [-0.39, 0.29) is 17.9 Å². The average molecular weight is 256 g/mol. The number of nitrogens with two attached hydrogens (primary N) is 1. The van der Waals surface area contributed by atoms with Crippen molar-refractivity contribution in [3.8, 4) is 5.75 Å². The van der Waals surface area contributed by atoms with Crippen molar-refractivity contribution < 1.29 is 19.0 Å². The van der Waals surface area contributed by atoms with E-state index in [1.165, 1.54) is 12.0 Å². The number of hydrogen-bond acceptors (Lipinski definition) is 4. The minimum Gasteiger partial charge on any atom is -0.507 e. The molecule has 0 aliphatic carbocycles. The lowest BCUT2D eigenvalue weighted by Gasteiger charge is -2.22. The van der Waals surface area contributed by atoms with Crippen molar-refractivity contribution in [1.29, 1.82) is 0 Å². The van der Waals surface area contributed by atoms with Gasteiger partial charge in [0.1, 0.15) is 11.6 Å². The maximum Gasteiger partial charge on any atom is 0.257 e. The number of ether oxygens (including phenoxy) is 1. The summed E-state index contributed by atoms with van der Waals surface area (Å²) in [5.74, 6) is -1.29. The molecule has 0 saturated heterocycles. The van der Waals surface area contributed by atoms with Crippen LogP contribution in [0.3, 0.4) is 0 Å². The fourth-order valence-corrected chi connectivity index (χ4v) is 1.52. The Bertz CT molecular complexity index is 412. The van der Waals surface area contributed by atoms with Crippen LogP contribution >= 0.6 is 0 Å². The number of phenols is 1. The average Bonchev–Trinajstić information content (AvgIpc) is 2.36. The van der Waals surface area contributed by atoms with Crippen LogP contribution in [0, 0.1) is 5.82 Å². The molecule has 1 rings (SSSR count). The van der Waals surface area contributed by atoms with E-state index in [0.717, 1.165) is 18.2 Å². The van der Waals surface area contributed by atoms with E-state index >= 15 is 0 Å². The molecule has 18 heavy (non-hydrogen) atoms. The summed E-state index contributed by atoms with van der Waals surface area (Å²) in [6, 6.07) is 3.25. The number of rotatable bonds is 6. The summed E-state index contributed by atoms with van der Waals surface area (Å²) in [6.45, 7) is 1.29. The zero-order valence-corrected chi connectivity index (χ0v) is 10.2. The van der Waals surface area contributed by atoms with Gasteiger partial charge in [-0.1, -0.05) is 0 Å². The topological polar surface area (TPSA) is 75.8 Å². The highest BCUT2D eigenvalue weighted by Gasteiger charge is 2.18. The Labute approximate surface area is 105 Å². The van der Waals surface area contributed by atoms with E-state index in [1.807, 2.05) is 0 Å². The number of methoxy groups -OCH3 is 1. The molecule has 0 radical (unpaired) electrons. The van der Waals surface area contributed by atoms with Crippen LogP contribution in [0.4, 0.5) is 4.39 Å². The summed E-state index contributed by atoms with van der Waals surface area (Å²) >= 11 is 0. The largest absolute Gasteiger partial charge is 0.507 e. The second-order valence-corrected chi connectivity index (χ2v) is 3.74. The van der Waals surface area contributed by atoms with Crippen LogP contribution in [0.25, 0.3) is 0 Å².